The molecule has 1 aromatic rings. The Morgan fingerprint density at radius 2 is 2.30 bits per heavy atom. The van der Waals surface area contributed by atoms with Gasteiger partial charge in [-0.3, -0.25) is 4.79 Å². The van der Waals surface area contributed by atoms with Crippen molar-refractivity contribution in [2.75, 3.05) is 7.11 Å². The second kappa shape index (κ2) is 6.23. The number of Topliss-reactive ketones (excluding diaryl/α,β-unsaturated/α-hetero) is 1. The van der Waals surface area contributed by atoms with Crippen LogP contribution in [0.3, 0.4) is 0 Å². The molecule has 2 unspecified atom stereocenters. The number of carbonyl (C=O) groups is 1. The second-order valence-corrected chi connectivity index (χ2v) is 6.17. The van der Waals surface area contributed by atoms with Crippen molar-refractivity contribution in [3.63, 3.8) is 0 Å². The lowest BCUT2D eigenvalue weighted by Gasteiger charge is -2.37. The largest absolute Gasteiger partial charge is 0.370 e. The SMILES string of the molecule is COC1(C(=O)Cc2ccc(Cl)cc2F)CCCC(C)C1. The summed E-state index contributed by atoms with van der Waals surface area (Å²) >= 11 is 5.73. The molecule has 0 aliphatic heterocycles. The summed E-state index contributed by atoms with van der Waals surface area (Å²) in [4.78, 5) is 12.6. The molecule has 1 aromatic carbocycles. The minimum Gasteiger partial charge on any atom is -0.370 e. The van der Waals surface area contributed by atoms with Crippen LogP contribution in [0.4, 0.5) is 4.39 Å². The van der Waals surface area contributed by atoms with E-state index in [-0.39, 0.29) is 12.2 Å². The number of methoxy groups -OCH3 is 1. The van der Waals surface area contributed by atoms with Crippen LogP contribution in [0, 0.1) is 11.7 Å². The predicted octanol–water partition coefficient (Wildman–Crippen LogP) is 4.19. The van der Waals surface area contributed by atoms with E-state index in [4.69, 9.17) is 16.3 Å². The quantitative estimate of drug-likeness (QED) is 0.833. The Labute approximate surface area is 124 Å². The summed E-state index contributed by atoms with van der Waals surface area (Å²) in [5.74, 6) is -0.00329. The first-order valence-corrected chi connectivity index (χ1v) is 7.37. The summed E-state index contributed by atoms with van der Waals surface area (Å²) in [5, 5.41) is 0.339. The van der Waals surface area contributed by atoms with Crippen LogP contribution < -0.4 is 0 Å². The van der Waals surface area contributed by atoms with Gasteiger partial charge in [-0.05, 0) is 42.9 Å². The molecule has 2 nitrogen and oxygen atoms in total. The van der Waals surface area contributed by atoms with Crippen LogP contribution in [0.25, 0.3) is 0 Å². The zero-order chi connectivity index (χ0) is 14.8. The number of rotatable bonds is 4. The minimum atomic E-state index is -0.746. The van der Waals surface area contributed by atoms with Crippen LogP contribution in [-0.4, -0.2) is 18.5 Å². The topological polar surface area (TPSA) is 26.3 Å². The van der Waals surface area contributed by atoms with E-state index >= 15 is 0 Å². The molecule has 0 N–H and O–H groups in total. The van der Waals surface area contributed by atoms with Gasteiger partial charge in [-0.25, -0.2) is 4.39 Å². The van der Waals surface area contributed by atoms with Gasteiger partial charge in [0.05, 0.1) is 0 Å². The third-order valence-corrected chi connectivity index (χ3v) is 4.46. The average molecular weight is 299 g/mol. The smallest absolute Gasteiger partial charge is 0.169 e. The number of ether oxygens (including phenoxy) is 1. The van der Waals surface area contributed by atoms with E-state index in [2.05, 4.69) is 6.92 Å². The number of halogens is 2. The van der Waals surface area contributed by atoms with Crippen molar-refractivity contribution in [3.05, 3.63) is 34.6 Å². The Kier molecular flexibility index (Phi) is 4.82. The molecule has 0 radical (unpaired) electrons. The van der Waals surface area contributed by atoms with Gasteiger partial charge < -0.3 is 4.74 Å². The fourth-order valence-corrected chi connectivity index (χ4v) is 3.21. The van der Waals surface area contributed by atoms with Crippen LogP contribution >= 0.6 is 11.6 Å². The number of hydrogen-bond acceptors (Lipinski definition) is 2. The van der Waals surface area contributed by atoms with Gasteiger partial charge in [-0.2, -0.15) is 0 Å². The highest BCUT2D eigenvalue weighted by atomic mass is 35.5. The molecule has 0 amide bonds. The summed E-state index contributed by atoms with van der Waals surface area (Å²) in [6.45, 7) is 2.13. The Bertz CT molecular complexity index is 503. The Balaban J connectivity index is 2.17. The zero-order valence-electron chi connectivity index (χ0n) is 11.9. The summed E-state index contributed by atoms with van der Waals surface area (Å²) in [5.41, 5.74) is -0.363. The van der Waals surface area contributed by atoms with Gasteiger partial charge in [0.2, 0.25) is 0 Å². The molecule has 110 valence electrons. The van der Waals surface area contributed by atoms with E-state index in [1.165, 1.54) is 6.07 Å². The normalized spacial score (nSPS) is 26.5. The maximum atomic E-state index is 13.8. The summed E-state index contributed by atoms with van der Waals surface area (Å²) < 4.78 is 19.4. The molecule has 1 fully saturated rings. The maximum Gasteiger partial charge on any atom is 0.169 e. The molecule has 0 aromatic heterocycles. The maximum absolute atomic E-state index is 13.8. The predicted molar refractivity (Wildman–Crippen MR) is 77.5 cm³/mol. The van der Waals surface area contributed by atoms with Gasteiger partial charge in [0, 0.05) is 18.6 Å². The number of hydrogen-bond donors (Lipinski definition) is 0. The number of carbonyl (C=O) groups excluding carboxylic acids is 1. The molecule has 0 heterocycles. The summed E-state index contributed by atoms with van der Waals surface area (Å²) in [6.07, 6.45) is 3.60. The van der Waals surface area contributed by atoms with E-state index in [0.717, 1.165) is 25.7 Å². The van der Waals surface area contributed by atoms with E-state index in [0.29, 0.717) is 16.5 Å². The lowest BCUT2D eigenvalue weighted by Crippen LogP contribution is -2.45. The molecule has 0 spiro atoms. The molecule has 1 aliphatic rings. The number of benzene rings is 1. The van der Waals surface area contributed by atoms with Crippen molar-refractivity contribution in [1.82, 2.24) is 0 Å². The highest BCUT2D eigenvalue weighted by Gasteiger charge is 2.41. The lowest BCUT2D eigenvalue weighted by molar-refractivity contribution is -0.146. The monoisotopic (exact) mass is 298 g/mol. The van der Waals surface area contributed by atoms with Crippen molar-refractivity contribution in [3.8, 4) is 0 Å². The highest BCUT2D eigenvalue weighted by Crippen LogP contribution is 2.36. The van der Waals surface area contributed by atoms with Crippen molar-refractivity contribution < 1.29 is 13.9 Å². The standard InChI is InChI=1S/C16H20ClFO2/c1-11-4-3-7-16(10-11,20-2)15(19)8-12-5-6-13(17)9-14(12)18/h5-6,9,11H,3-4,7-8,10H2,1-2H3. The highest BCUT2D eigenvalue weighted by molar-refractivity contribution is 6.30. The van der Waals surface area contributed by atoms with Crippen molar-refractivity contribution in [2.45, 2.75) is 44.6 Å². The molecular formula is C16H20ClFO2. The van der Waals surface area contributed by atoms with Gasteiger partial charge in [-0.1, -0.05) is 31.0 Å². The van der Waals surface area contributed by atoms with Crippen LogP contribution in [0.2, 0.25) is 5.02 Å². The van der Waals surface area contributed by atoms with Gasteiger partial charge >= 0.3 is 0 Å². The van der Waals surface area contributed by atoms with E-state index < -0.39 is 11.4 Å². The number of ketones is 1. The summed E-state index contributed by atoms with van der Waals surface area (Å²) in [7, 11) is 1.58. The lowest BCUT2D eigenvalue weighted by atomic mass is 9.75. The first-order valence-electron chi connectivity index (χ1n) is 6.99. The fraction of sp³-hybridized carbons (Fsp3) is 0.562. The second-order valence-electron chi connectivity index (χ2n) is 5.74. The minimum absolute atomic E-state index is 0.0345. The molecule has 2 atom stereocenters. The third-order valence-electron chi connectivity index (χ3n) is 4.22. The molecule has 0 saturated heterocycles. The first-order chi connectivity index (χ1) is 9.47. The van der Waals surface area contributed by atoms with Crippen molar-refractivity contribution in [1.29, 1.82) is 0 Å². The molecular weight excluding hydrogens is 279 g/mol. The average Bonchev–Trinajstić information content (AvgIpc) is 2.41. The summed E-state index contributed by atoms with van der Waals surface area (Å²) in [6, 6.07) is 4.43. The van der Waals surface area contributed by atoms with Gasteiger partial charge in [0.1, 0.15) is 11.4 Å². The van der Waals surface area contributed by atoms with Crippen LogP contribution in [0.15, 0.2) is 18.2 Å². The van der Waals surface area contributed by atoms with Gasteiger partial charge in [0.25, 0.3) is 0 Å². The van der Waals surface area contributed by atoms with E-state index in [1.807, 2.05) is 0 Å². The molecule has 1 saturated carbocycles. The van der Waals surface area contributed by atoms with Gasteiger partial charge in [0.15, 0.2) is 5.78 Å². The van der Waals surface area contributed by atoms with E-state index in [9.17, 15) is 9.18 Å². The van der Waals surface area contributed by atoms with Crippen molar-refractivity contribution in [2.24, 2.45) is 5.92 Å². The molecule has 20 heavy (non-hydrogen) atoms. The van der Waals surface area contributed by atoms with E-state index in [1.54, 1.807) is 19.2 Å². The van der Waals surface area contributed by atoms with Gasteiger partial charge in [-0.15, -0.1) is 0 Å². The van der Waals surface area contributed by atoms with Crippen LogP contribution in [-0.2, 0) is 16.0 Å². The van der Waals surface area contributed by atoms with Crippen LogP contribution in [0.1, 0.15) is 38.2 Å². The van der Waals surface area contributed by atoms with Crippen LogP contribution in [0.5, 0.6) is 0 Å². The molecule has 0 bridgehead atoms. The molecule has 4 heteroatoms. The molecule has 1 aliphatic carbocycles. The van der Waals surface area contributed by atoms with Crippen molar-refractivity contribution >= 4 is 17.4 Å². The Morgan fingerprint density at radius 3 is 2.90 bits per heavy atom. The zero-order valence-corrected chi connectivity index (χ0v) is 12.7. The fourth-order valence-electron chi connectivity index (χ4n) is 3.05. The third kappa shape index (κ3) is 3.21. The Morgan fingerprint density at radius 1 is 1.55 bits per heavy atom. The first kappa shape index (κ1) is 15.5. The molecule has 2 rings (SSSR count). The Hall–Kier alpha value is -0.930.